The Labute approximate surface area is 199 Å². The predicted molar refractivity (Wildman–Crippen MR) is 130 cm³/mol. The van der Waals surface area contributed by atoms with E-state index in [-0.39, 0.29) is 18.3 Å². The lowest BCUT2D eigenvalue weighted by Gasteiger charge is -2.29. The number of rotatable bonds is 8. The summed E-state index contributed by atoms with van der Waals surface area (Å²) in [6, 6.07) is 23.6. The highest BCUT2D eigenvalue weighted by atomic mass is 19.1. The van der Waals surface area contributed by atoms with Crippen molar-refractivity contribution in [3.8, 4) is 6.07 Å². The van der Waals surface area contributed by atoms with Crippen LogP contribution in [0.1, 0.15) is 16.7 Å². The van der Waals surface area contributed by atoms with Gasteiger partial charge in [-0.2, -0.15) is 5.26 Å². The monoisotopic (exact) mass is 458 g/mol. The molecule has 34 heavy (non-hydrogen) atoms. The molecule has 0 aromatic heterocycles. The van der Waals surface area contributed by atoms with Crippen LogP contribution in [0.4, 0.5) is 15.8 Å². The fraction of sp³-hybridized carbons (Fsp3) is 0.259. The molecule has 1 aliphatic heterocycles. The van der Waals surface area contributed by atoms with Crippen LogP contribution in [-0.2, 0) is 22.6 Å². The number of halogens is 1. The second-order valence-electron chi connectivity index (χ2n) is 8.28. The number of morpholine rings is 1. The summed E-state index contributed by atoms with van der Waals surface area (Å²) < 4.78 is 19.1. The molecule has 3 aromatic carbocycles. The van der Waals surface area contributed by atoms with E-state index in [0.29, 0.717) is 18.7 Å². The topological polar surface area (TPSA) is 68.6 Å². The van der Waals surface area contributed by atoms with Crippen molar-refractivity contribution in [3.63, 3.8) is 0 Å². The lowest BCUT2D eigenvalue weighted by Crippen LogP contribution is -2.36. The molecule has 1 saturated heterocycles. The van der Waals surface area contributed by atoms with Gasteiger partial charge in [-0.15, -0.1) is 0 Å². The number of hydrogen-bond acceptors (Lipinski definition) is 5. The molecule has 4 rings (SSSR count). The van der Waals surface area contributed by atoms with Crippen LogP contribution < -0.4 is 10.2 Å². The smallest absolute Gasteiger partial charge is 0.238 e. The number of carbonyl (C=O) groups is 1. The number of hydrogen-bond donors (Lipinski definition) is 1. The quantitative estimate of drug-likeness (QED) is 0.549. The molecular formula is C27H27FN4O2. The van der Waals surface area contributed by atoms with E-state index in [1.165, 1.54) is 12.1 Å². The summed E-state index contributed by atoms with van der Waals surface area (Å²) >= 11 is 0. The molecule has 1 aliphatic rings. The molecule has 7 heteroatoms. The van der Waals surface area contributed by atoms with Crippen molar-refractivity contribution in [1.82, 2.24) is 4.90 Å². The number of carbonyl (C=O) groups excluding carboxylic acids is 1. The van der Waals surface area contributed by atoms with Crippen molar-refractivity contribution < 1.29 is 13.9 Å². The Morgan fingerprint density at radius 3 is 2.38 bits per heavy atom. The summed E-state index contributed by atoms with van der Waals surface area (Å²) in [5.41, 5.74) is 4.18. The van der Waals surface area contributed by atoms with Crippen molar-refractivity contribution in [2.24, 2.45) is 0 Å². The van der Waals surface area contributed by atoms with Crippen molar-refractivity contribution in [2.45, 2.75) is 13.1 Å². The fourth-order valence-electron chi connectivity index (χ4n) is 3.98. The maximum atomic E-state index is 13.7. The summed E-state index contributed by atoms with van der Waals surface area (Å²) in [6.45, 7) is 4.21. The van der Waals surface area contributed by atoms with Crippen LogP contribution >= 0.6 is 0 Å². The zero-order valence-electron chi connectivity index (χ0n) is 18.9. The van der Waals surface area contributed by atoms with Gasteiger partial charge in [-0.05, 0) is 59.7 Å². The molecule has 0 aliphatic carbocycles. The Kier molecular flexibility index (Phi) is 7.87. The van der Waals surface area contributed by atoms with Crippen LogP contribution in [0.3, 0.4) is 0 Å². The average molecular weight is 459 g/mol. The summed E-state index contributed by atoms with van der Waals surface area (Å²) in [6.07, 6.45) is 0. The second kappa shape index (κ2) is 11.4. The van der Waals surface area contributed by atoms with Gasteiger partial charge in [-0.1, -0.05) is 24.3 Å². The van der Waals surface area contributed by atoms with Gasteiger partial charge >= 0.3 is 0 Å². The average Bonchev–Trinajstić information content (AvgIpc) is 2.85. The number of nitriles is 1. The molecule has 1 fully saturated rings. The van der Waals surface area contributed by atoms with Gasteiger partial charge < -0.3 is 15.0 Å². The molecule has 0 saturated carbocycles. The van der Waals surface area contributed by atoms with Crippen LogP contribution in [0, 0.1) is 17.1 Å². The first-order valence-electron chi connectivity index (χ1n) is 11.3. The lowest BCUT2D eigenvalue weighted by molar-refractivity contribution is -0.117. The van der Waals surface area contributed by atoms with Gasteiger partial charge in [0.2, 0.25) is 5.91 Å². The van der Waals surface area contributed by atoms with Crippen molar-refractivity contribution in [1.29, 1.82) is 5.26 Å². The molecule has 0 atom stereocenters. The Hall–Kier alpha value is -3.73. The van der Waals surface area contributed by atoms with Crippen LogP contribution in [-0.4, -0.2) is 43.7 Å². The number of nitrogens with zero attached hydrogens (tertiary/aromatic N) is 3. The normalized spacial score (nSPS) is 13.5. The van der Waals surface area contributed by atoms with Gasteiger partial charge in [0.05, 0.1) is 31.4 Å². The highest BCUT2D eigenvalue weighted by Gasteiger charge is 2.14. The van der Waals surface area contributed by atoms with Gasteiger partial charge in [0.25, 0.3) is 0 Å². The van der Waals surface area contributed by atoms with Crippen LogP contribution in [0.25, 0.3) is 0 Å². The van der Waals surface area contributed by atoms with E-state index in [4.69, 9.17) is 10.00 Å². The highest BCUT2D eigenvalue weighted by molar-refractivity contribution is 5.92. The number of benzene rings is 3. The minimum absolute atomic E-state index is 0.141. The fourth-order valence-corrected chi connectivity index (χ4v) is 3.98. The summed E-state index contributed by atoms with van der Waals surface area (Å²) in [5, 5.41) is 12.0. The van der Waals surface area contributed by atoms with Gasteiger partial charge in [-0.3, -0.25) is 9.69 Å². The largest absolute Gasteiger partial charge is 0.378 e. The Bertz CT molecular complexity index is 1140. The van der Waals surface area contributed by atoms with Crippen LogP contribution in [0.5, 0.6) is 0 Å². The maximum Gasteiger partial charge on any atom is 0.238 e. The number of amides is 1. The standard InChI is InChI=1S/C27H27FN4O2/c28-24-3-1-2-23(16-24)19-31(18-22-6-4-21(17-29)5-7-22)20-27(33)30-25-8-10-26(11-9-25)32-12-14-34-15-13-32/h1-11,16H,12-15,18-20H2,(H,30,33). The van der Waals surface area contributed by atoms with E-state index in [2.05, 4.69) is 16.3 Å². The first-order chi connectivity index (χ1) is 16.6. The minimum atomic E-state index is -0.305. The molecule has 3 aromatic rings. The molecule has 1 N–H and O–H groups in total. The van der Waals surface area contributed by atoms with E-state index >= 15 is 0 Å². The summed E-state index contributed by atoms with van der Waals surface area (Å²) in [4.78, 5) is 17.1. The Balaban J connectivity index is 1.41. The summed E-state index contributed by atoms with van der Waals surface area (Å²) in [5.74, 6) is -0.454. The van der Waals surface area contributed by atoms with E-state index in [0.717, 1.165) is 48.8 Å². The molecule has 0 bridgehead atoms. The molecular weight excluding hydrogens is 431 g/mol. The molecule has 1 amide bonds. The lowest BCUT2D eigenvalue weighted by atomic mass is 10.1. The zero-order chi connectivity index (χ0) is 23.8. The molecule has 0 radical (unpaired) electrons. The minimum Gasteiger partial charge on any atom is -0.378 e. The van der Waals surface area contributed by atoms with E-state index in [9.17, 15) is 9.18 Å². The Morgan fingerprint density at radius 2 is 1.71 bits per heavy atom. The zero-order valence-corrected chi connectivity index (χ0v) is 18.9. The van der Waals surface area contributed by atoms with Gasteiger partial charge in [-0.25, -0.2) is 4.39 Å². The predicted octanol–water partition coefficient (Wildman–Crippen LogP) is 4.17. The number of anilines is 2. The first kappa shape index (κ1) is 23.4. The number of nitrogens with one attached hydrogen (secondary N) is 1. The van der Waals surface area contributed by atoms with Crippen molar-refractivity contribution in [3.05, 3.63) is 95.3 Å². The van der Waals surface area contributed by atoms with Crippen LogP contribution in [0.2, 0.25) is 0 Å². The Morgan fingerprint density at radius 1 is 1.00 bits per heavy atom. The maximum absolute atomic E-state index is 13.7. The van der Waals surface area contributed by atoms with E-state index in [1.54, 1.807) is 18.2 Å². The molecule has 174 valence electrons. The molecule has 0 unspecified atom stereocenters. The third kappa shape index (κ3) is 6.64. The SMILES string of the molecule is N#Cc1ccc(CN(CC(=O)Nc2ccc(N3CCOCC3)cc2)Cc2cccc(F)c2)cc1. The second-order valence-corrected chi connectivity index (χ2v) is 8.28. The van der Waals surface area contributed by atoms with Gasteiger partial charge in [0.15, 0.2) is 0 Å². The van der Waals surface area contributed by atoms with E-state index < -0.39 is 0 Å². The van der Waals surface area contributed by atoms with Crippen molar-refractivity contribution in [2.75, 3.05) is 43.1 Å². The van der Waals surface area contributed by atoms with Gasteiger partial charge in [0.1, 0.15) is 5.82 Å². The molecule has 0 spiro atoms. The van der Waals surface area contributed by atoms with Crippen LogP contribution in [0.15, 0.2) is 72.8 Å². The van der Waals surface area contributed by atoms with E-state index in [1.807, 2.05) is 47.4 Å². The van der Waals surface area contributed by atoms with Crippen molar-refractivity contribution >= 4 is 17.3 Å². The highest BCUT2D eigenvalue weighted by Crippen LogP contribution is 2.19. The third-order valence-electron chi connectivity index (χ3n) is 5.68. The summed E-state index contributed by atoms with van der Waals surface area (Å²) in [7, 11) is 0. The van der Waals surface area contributed by atoms with Gasteiger partial charge in [0, 0.05) is 37.6 Å². The number of ether oxygens (including phenoxy) is 1. The molecule has 6 nitrogen and oxygen atoms in total. The molecule has 1 heterocycles. The first-order valence-corrected chi connectivity index (χ1v) is 11.3. The third-order valence-corrected chi connectivity index (χ3v) is 5.68.